The fourth-order valence-corrected chi connectivity index (χ4v) is 4.22. The highest BCUT2D eigenvalue weighted by Crippen LogP contribution is 2.38. The van der Waals surface area contributed by atoms with E-state index in [1.807, 2.05) is 32.9 Å². The van der Waals surface area contributed by atoms with Crippen LogP contribution in [0, 0.1) is 5.82 Å². The number of methoxy groups -OCH3 is 2. The van der Waals surface area contributed by atoms with Crippen molar-refractivity contribution in [2.75, 3.05) is 27.3 Å². The molecule has 0 radical (unpaired) electrons. The van der Waals surface area contributed by atoms with Gasteiger partial charge in [-0.15, -0.1) is 0 Å². The molecule has 0 unspecified atom stereocenters. The van der Waals surface area contributed by atoms with Crippen molar-refractivity contribution in [1.29, 1.82) is 0 Å². The van der Waals surface area contributed by atoms with Crippen molar-refractivity contribution in [3.63, 3.8) is 0 Å². The lowest BCUT2D eigenvalue weighted by Gasteiger charge is -2.32. The molecular weight excluding hydrogens is 451 g/mol. The van der Waals surface area contributed by atoms with E-state index in [2.05, 4.69) is 4.98 Å². The summed E-state index contributed by atoms with van der Waals surface area (Å²) in [5.74, 6) is 0.446. The summed E-state index contributed by atoms with van der Waals surface area (Å²) in [4.78, 5) is 18.4. The summed E-state index contributed by atoms with van der Waals surface area (Å²) in [6.45, 7) is 6.47. The molecule has 0 spiro atoms. The zero-order valence-corrected chi connectivity index (χ0v) is 20.7. The van der Waals surface area contributed by atoms with Gasteiger partial charge in [0.25, 0.3) is 0 Å². The third kappa shape index (κ3) is 5.23. The monoisotopic (exact) mass is 482 g/mol. The molecule has 0 N–H and O–H groups in total. The van der Waals surface area contributed by atoms with Crippen LogP contribution in [-0.2, 0) is 4.74 Å². The maximum atomic E-state index is 16.1. The molecule has 1 amide bonds. The predicted octanol–water partition coefficient (Wildman–Crippen LogP) is 5.21. The Bertz CT molecular complexity index is 1180. The Morgan fingerprint density at radius 1 is 1.06 bits per heavy atom. The molecule has 1 aliphatic heterocycles. The summed E-state index contributed by atoms with van der Waals surface area (Å²) in [5.41, 5.74) is 1.28. The molecule has 1 fully saturated rings. The third-order valence-corrected chi connectivity index (χ3v) is 5.92. The maximum Gasteiger partial charge on any atom is 0.410 e. The number of halogens is 1. The van der Waals surface area contributed by atoms with E-state index < -0.39 is 11.4 Å². The van der Waals surface area contributed by atoms with Gasteiger partial charge >= 0.3 is 6.09 Å². The molecule has 186 valence electrons. The second kappa shape index (κ2) is 9.93. The molecule has 35 heavy (non-hydrogen) atoms. The van der Waals surface area contributed by atoms with Crippen LogP contribution in [0.2, 0.25) is 0 Å². The average molecular weight is 483 g/mol. The van der Waals surface area contributed by atoms with Crippen LogP contribution < -0.4 is 9.47 Å². The standard InChI is InChI=1S/C26H31FN4O4/c1-26(2,3)35-25(32)30-15-12-17(13-16-30)22-21(27)23(20-7-6-14-28-24(20)34-5)31(29-22)18-8-10-19(33-4)11-9-18/h6-11,14,17H,12-13,15-16H2,1-5H3. The van der Waals surface area contributed by atoms with Crippen LogP contribution in [0.1, 0.15) is 45.2 Å². The van der Waals surface area contributed by atoms with Crippen molar-refractivity contribution >= 4 is 6.09 Å². The van der Waals surface area contributed by atoms with Gasteiger partial charge in [-0.1, -0.05) is 0 Å². The molecule has 4 rings (SSSR count). The first-order chi connectivity index (χ1) is 16.7. The van der Waals surface area contributed by atoms with Gasteiger partial charge in [0.05, 0.1) is 25.5 Å². The summed E-state index contributed by atoms with van der Waals surface area (Å²) in [6, 6.07) is 10.8. The Labute approximate surface area is 204 Å². The van der Waals surface area contributed by atoms with Gasteiger partial charge in [0.15, 0.2) is 5.82 Å². The lowest BCUT2D eigenvalue weighted by molar-refractivity contribution is 0.0203. The van der Waals surface area contributed by atoms with Crippen LogP contribution in [0.25, 0.3) is 16.9 Å². The molecule has 0 saturated carbocycles. The van der Waals surface area contributed by atoms with Gasteiger partial charge < -0.3 is 19.1 Å². The maximum absolute atomic E-state index is 16.1. The first-order valence-corrected chi connectivity index (χ1v) is 11.6. The van der Waals surface area contributed by atoms with E-state index in [9.17, 15) is 4.79 Å². The smallest absolute Gasteiger partial charge is 0.410 e. The Morgan fingerprint density at radius 3 is 2.34 bits per heavy atom. The van der Waals surface area contributed by atoms with Crippen LogP contribution in [0.4, 0.5) is 9.18 Å². The zero-order chi connectivity index (χ0) is 25.2. The van der Waals surface area contributed by atoms with Gasteiger partial charge in [0.2, 0.25) is 5.88 Å². The Morgan fingerprint density at radius 2 is 1.74 bits per heavy atom. The lowest BCUT2D eigenvalue weighted by Crippen LogP contribution is -2.41. The van der Waals surface area contributed by atoms with Gasteiger partial charge in [-0.3, -0.25) is 0 Å². The summed E-state index contributed by atoms with van der Waals surface area (Å²) >= 11 is 0. The van der Waals surface area contributed by atoms with E-state index >= 15 is 4.39 Å². The van der Waals surface area contributed by atoms with Gasteiger partial charge in [-0.25, -0.2) is 18.9 Å². The second-order valence-electron chi connectivity index (χ2n) is 9.46. The van der Waals surface area contributed by atoms with E-state index in [1.165, 1.54) is 7.11 Å². The number of pyridine rings is 1. The van der Waals surface area contributed by atoms with Gasteiger partial charge in [0, 0.05) is 25.2 Å². The number of carbonyl (C=O) groups is 1. The van der Waals surface area contributed by atoms with Crippen molar-refractivity contribution < 1.29 is 23.4 Å². The van der Waals surface area contributed by atoms with E-state index in [4.69, 9.17) is 19.3 Å². The molecule has 8 nitrogen and oxygen atoms in total. The van der Waals surface area contributed by atoms with Crippen LogP contribution in [0.5, 0.6) is 11.6 Å². The number of piperidine rings is 1. The normalized spacial score (nSPS) is 14.6. The highest BCUT2D eigenvalue weighted by Gasteiger charge is 2.33. The lowest BCUT2D eigenvalue weighted by atomic mass is 9.93. The van der Waals surface area contributed by atoms with Crippen LogP contribution in [0.3, 0.4) is 0 Å². The fourth-order valence-electron chi connectivity index (χ4n) is 4.22. The number of carbonyl (C=O) groups excluding carboxylic acids is 1. The summed E-state index contributed by atoms with van der Waals surface area (Å²) < 4.78 is 33.9. The van der Waals surface area contributed by atoms with E-state index in [0.717, 1.165) is 0 Å². The minimum atomic E-state index is -0.561. The second-order valence-corrected chi connectivity index (χ2v) is 9.46. The fraction of sp³-hybridized carbons (Fsp3) is 0.423. The summed E-state index contributed by atoms with van der Waals surface area (Å²) in [7, 11) is 3.10. The predicted molar refractivity (Wildman–Crippen MR) is 130 cm³/mol. The number of nitrogens with zero attached hydrogens (tertiary/aromatic N) is 4. The number of aromatic nitrogens is 3. The Balaban J connectivity index is 1.69. The van der Waals surface area contributed by atoms with Gasteiger partial charge in [0.1, 0.15) is 22.7 Å². The molecule has 1 saturated heterocycles. The van der Waals surface area contributed by atoms with Gasteiger partial charge in [-0.2, -0.15) is 5.10 Å². The van der Waals surface area contributed by atoms with Crippen LogP contribution >= 0.6 is 0 Å². The topological polar surface area (TPSA) is 78.7 Å². The van der Waals surface area contributed by atoms with E-state index in [0.29, 0.717) is 54.5 Å². The Hall–Kier alpha value is -3.62. The molecule has 3 aromatic rings. The SMILES string of the molecule is COc1ccc(-n2nc(C3CCN(C(=O)OC(C)(C)C)CC3)c(F)c2-c2cccnc2OC)cc1. The number of likely N-dealkylation sites (tertiary alicyclic amines) is 1. The third-order valence-electron chi connectivity index (χ3n) is 5.92. The number of amides is 1. The number of benzene rings is 1. The molecule has 0 atom stereocenters. The molecule has 2 aromatic heterocycles. The molecule has 0 aliphatic carbocycles. The van der Waals surface area contributed by atoms with Crippen LogP contribution in [0.15, 0.2) is 42.6 Å². The Kier molecular flexibility index (Phi) is 6.95. The number of hydrogen-bond donors (Lipinski definition) is 0. The molecule has 1 aromatic carbocycles. The molecule has 1 aliphatic rings. The molecule has 0 bridgehead atoms. The van der Waals surface area contributed by atoms with Crippen molar-refractivity contribution in [3.8, 4) is 28.6 Å². The zero-order valence-electron chi connectivity index (χ0n) is 20.7. The van der Waals surface area contributed by atoms with Crippen molar-refractivity contribution in [2.24, 2.45) is 0 Å². The number of rotatable bonds is 5. The van der Waals surface area contributed by atoms with E-state index in [1.54, 1.807) is 47.2 Å². The first kappa shape index (κ1) is 24.5. The number of ether oxygens (including phenoxy) is 3. The molecule has 9 heteroatoms. The van der Waals surface area contributed by atoms with Crippen molar-refractivity contribution in [3.05, 3.63) is 54.1 Å². The largest absolute Gasteiger partial charge is 0.497 e. The highest BCUT2D eigenvalue weighted by atomic mass is 19.1. The van der Waals surface area contributed by atoms with Crippen LogP contribution in [-0.4, -0.2) is 58.7 Å². The average Bonchev–Trinajstić information content (AvgIpc) is 3.19. The van der Waals surface area contributed by atoms with Crippen molar-refractivity contribution in [1.82, 2.24) is 19.7 Å². The number of hydrogen-bond acceptors (Lipinski definition) is 6. The molecular formula is C26H31FN4O4. The summed E-state index contributed by atoms with van der Waals surface area (Å²) in [6.07, 6.45) is 2.42. The van der Waals surface area contributed by atoms with Gasteiger partial charge in [-0.05, 0) is 70.0 Å². The minimum Gasteiger partial charge on any atom is -0.497 e. The summed E-state index contributed by atoms with van der Waals surface area (Å²) in [5, 5.41) is 4.72. The first-order valence-electron chi connectivity index (χ1n) is 11.6. The van der Waals surface area contributed by atoms with Crippen molar-refractivity contribution in [2.45, 2.75) is 45.1 Å². The quantitative estimate of drug-likeness (QED) is 0.497. The molecule has 3 heterocycles. The minimum absolute atomic E-state index is 0.144. The van der Waals surface area contributed by atoms with E-state index in [-0.39, 0.29) is 17.7 Å². The highest BCUT2D eigenvalue weighted by molar-refractivity contribution is 5.69.